The van der Waals surface area contributed by atoms with Gasteiger partial charge in [-0.05, 0) is 22.3 Å². The summed E-state index contributed by atoms with van der Waals surface area (Å²) in [7, 11) is 0. The molecule has 0 saturated heterocycles. The van der Waals surface area contributed by atoms with Gasteiger partial charge in [0.25, 0.3) is 11.8 Å². The van der Waals surface area contributed by atoms with E-state index in [-0.39, 0.29) is 11.7 Å². The van der Waals surface area contributed by atoms with Crippen LogP contribution in [-0.4, -0.2) is 23.5 Å². The molecule has 0 radical (unpaired) electrons. The highest BCUT2D eigenvalue weighted by Gasteiger charge is 2.19. The third kappa shape index (κ3) is 5.63. The molecule has 10 heteroatoms. The lowest BCUT2D eigenvalue weighted by atomic mass is 10.1. The van der Waals surface area contributed by atoms with Crippen molar-refractivity contribution in [2.24, 2.45) is 21.7 Å². The Balaban J connectivity index is 1.47. The van der Waals surface area contributed by atoms with Crippen molar-refractivity contribution in [3.8, 4) is 0 Å². The molecule has 2 aromatic rings. The summed E-state index contributed by atoms with van der Waals surface area (Å²) in [5.74, 6) is -1.00. The van der Waals surface area contributed by atoms with Gasteiger partial charge < -0.3 is 22.1 Å². The van der Waals surface area contributed by atoms with E-state index in [1.807, 2.05) is 48.5 Å². The van der Waals surface area contributed by atoms with Crippen LogP contribution in [-0.2, 0) is 35.8 Å². The van der Waals surface area contributed by atoms with Gasteiger partial charge in [0.1, 0.15) is 0 Å². The zero-order chi connectivity index (χ0) is 21.3. The smallest absolute Gasteiger partial charge is 0.290 e. The second kappa shape index (κ2) is 10.1. The summed E-state index contributed by atoms with van der Waals surface area (Å²) in [5, 5.41) is 13.2. The Morgan fingerprint density at radius 3 is 1.50 bits per heavy atom. The molecule has 2 amide bonds. The van der Waals surface area contributed by atoms with Gasteiger partial charge in [-0.3, -0.25) is 20.4 Å². The second-order valence-electron chi connectivity index (χ2n) is 6.56. The average Bonchev–Trinajstić information content (AvgIpc) is 2.81. The highest BCUT2D eigenvalue weighted by molar-refractivity contribution is 6.42. The van der Waals surface area contributed by atoms with Crippen molar-refractivity contribution in [3.05, 3.63) is 70.8 Å². The number of carbonyl (C=O) groups is 2. The number of nitrogens with one attached hydrogen (secondary N) is 4. The maximum Gasteiger partial charge on any atom is 0.290 e. The van der Waals surface area contributed by atoms with Gasteiger partial charge in [0.05, 0.1) is 0 Å². The minimum absolute atomic E-state index is 0.0443. The molecule has 156 valence electrons. The van der Waals surface area contributed by atoms with Crippen LogP contribution in [0.4, 0.5) is 0 Å². The van der Waals surface area contributed by atoms with Crippen LogP contribution in [0.15, 0.2) is 58.7 Å². The normalized spacial score (nSPS) is 12.7. The monoisotopic (exact) mass is 408 g/mol. The molecule has 30 heavy (non-hydrogen) atoms. The van der Waals surface area contributed by atoms with E-state index in [2.05, 4.69) is 31.7 Å². The van der Waals surface area contributed by atoms with Crippen LogP contribution in [0.1, 0.15) is 22.3 Å². The predicted molar refractivity (Wildman–Crippen MR) is 114 cm³/mol. The Labute approximate surface area is 173 Å². The van der Waals surface area contributed by atoms with E-state index in [9.17, 15) is 9.59 Å². The van der Waals surface area contributed by atoms with Crippen LogP contribution in [0.25, 0.3) is 0 Å². The lowest BCUT2D eigenvalue weighted by Crippen LogP contribution is -2.47. The van der Waals surface area contributed by atoms with Crippen LogP contribution < -0.4 is 33.0 Å². The molecular formula is C20H24N8O2. The number of carbonyl (C=O) groups excluding carboxylic acids is 2. The molecule has 0 atom stereocenters. The van der Waals surface area contributed by atoms with Crippen LogP contribution in [0, 0.1) is 0 Å². The van der Waals surface area contributed by atoms with Crippen LogP contribution in [0.2, 0.25) is 0 Å². The molecule has 1 aliphatic rings. The molecule has 0 fully saturated rings. The van der Waals surface area contributed by atoms with Gasteiger partial charge in [0, 0.05) is 26.2 Å². The summed E-state index contributed by atoms with van der Waals surface area (Å²) in [6.45, 7) is 1.48. The topological polar surface area (TPSA) is 159 Å². The number of hydrogen-bond donors (Lipinski definition) is 6. The predicted octanol–water partition coefficient (Wildman–Crippen LogP) is -0.644. The van der Waals surface area contributed by atoms with E-state index in [1.54, 1.807) is 0 Å². The summed E-state index contributed by atoms with van der Waals surface area (Å²) in [5.41, 5.74) is 20.0. The van der Waals surface area contributed by atoms with Crippen molar-refractivity contribution >= 4 is 23.5 Å². The van der Waals surface area contributed by atoms with Gasteiger partial charge in [-0.2, -0.15) is 0 Å². The number of amides is 2. The Morgan fingerprint density at radius 2 is 1.13 bits per heavy atom. The first-order chi connectivity index (χ1) is 14.6. The van der Waals surface area contributed by atoms with E-state index in [0.29, 0.717) is 26.2 Å². The number of benzene rings is 2. The van der Waals surface area contributed by atoms with Gasteiger partial charge in [0.2, 0.25) is 11.7 Å². The van der Waals surface area contributed by atoms with Crippen LogP contribution >= 0.6 is 0 Å². The molecular weight excluding hydrogens is 384 g/mol. The minimum Gasteiger partial charge on any atom is -0.345 e. The van der Waals surface area contributed by atoms with Crippen LogP contribution in [0.3, 0.4) is 0 Å². The molecule has 0 aromatic heterocycles. The van der Waals surface area contributed by atoms with Crippen molar-refractivity contribution < 1.29 is 9.59 Å². The highest BCUT2D eigenvalue weighted by Crippen LogP contribution is 2.05. The summed E-state index contributed by atoms with van der Waals surface area (Å²) < 4.78 is 0. The van der Waals surface area contributed by atoms with Crippen LogP contribution in [0.5, 0.6) is 0 Å². The number of hydrogen-bond acceptors (Lipinski definition) is 8. The molecule has 2 aromatic carbocycles. The van der Waals surface area contributed by atoms with Gasteiger partial charge >= 0.3 is 0 Å². The summed E-state index contributed by atoms with van der Waals surface area (Å²) in [4.78, 5) is 24.4. The van der Waals surface area contributed by atoms with E-state index < -0.39 is 11.8 Å². The Hall–Kier alpha value is -3.76. The second-order valence-corrected chi connectivity index (χ2v) is 6.56. The Bertz CT molecular complexity index is 907. The average molecular weight is 408 g/mol. The largest absolute Gasteiger partial charge is 0.345 e. The van der Waals surface area contributed by atoms with Crippen molar-refractivity contribution in [2.45, 2.75) is 26.2 Å². The van der Waals surface area contributed by atoms with E-state index in [4.69, 9.17) is 11.5 Å². The number of rotatable bonds is 8. The minimum atomic E-state index is -0.456. The van der Waals surface area contributed by atoms with Crippen molar-refractivity contribution in [2.75, 3.05) is 0 Å². The third-order valence-corrected chi connectivity index (χ3v) is 4.34. The van der Waals surface area contributed by atoms with Gasteiger partial charge in [-0.25, -0.2) is 0 Å². The van der Waals surface area contributed by atoms with Gasteiger partial charge in [-0.15, -0.1) is 10.2 Å². The highest BCUT2D eigenvalue weighted by atomic mass is 16.2. The SMILES string of the molecule is NCc1cccc(CNC(=O)C2=NNC(C(=O)NCc3cccc(CN)c3)=NN2)c1. The maximum atomic E-state index is 12.2. The quantitative estimate of drug-likeness (QED) is 0.341. The molecule has 10 nitrogen and oxygen atoms in total. The molecule has 0 aliphatic carbocycles. The Kier molecular flexibility index (Phi) is 7.09. The zero-order valence-electron chi connectivity index (χ0n) is 16.3. The van der Waals surface area contributed by atoms with Gasteiger partial charge in [0.15, 0.2) is 0 Å². The van der Waals surface area contributed by atoms with Crippen molar-refractivity contribution in [3.63, 3.8) is 0 Å². The summed E-state index contributed by atoms with van der Waals surface area (Å²) in [6, 6.07) is 15.2. The Morgan fingerprint density at radius 1 is 0.733 bits per heavy atom. The van der Waals surface area contributed by atoms with E-state index in [1.165, 1.54) is 0 Å². The van der Waals surface area contributed by atoms with E-state index in [0.717, 1.165) is 22.3 Å². The first kappa shape index (κ1) is 21.0. The van der Waals surface area contributed by atoms with Gasteiger partial charge in [-0.1, -0.05) is 48.5 Å². The number of amidine groups is 2. The first-order valence-corrected chi connectivity index (χ1v) is 9.38. The fraction of sp³-hybridized carbons (Fsp3) is 0.200. The number of nitrogens with zero attached hydrogens (tertiary/aromatic N) is 2. The third-order valence-electron chi connectivity index (χ3n) is 4.34. The summed E-state index contributed by atoms with van der Waals surface area (Å²) >= 11 is 0. The van der Waals surface area contributed by atoms with E-state index >= 15 is 0 Å². The molecule has 1 heterocycles. The number of nitrogens with two attached hydrogens (primary N) is 2. The molecule has 0 unspecified atom stereocenters. The lowest BCUT2D eigenvalue weighted by Gasteiger charge is -2.14. The fourth-order valence-electron chi connectivity index (χ4n) is 2.74. The molecule has 8 N–H and O–H groups in total. The zero-order valence-corrected chi connectivity index (χ0v) is 16.3. The summed E-state index contributed by atoms with van der Waals surface area (Å²) in [6.07, 6.45) is 0. The standard InChI is InChI=1S/C20H24N8O2/c21-9-13-3-1-5-15(7-13)11-23-19(29)17-25-27-18(28-26-17)20(30)24-12-16-6-2-4-14(8-16)10-22/h1-8H,9-12,21-22H2,(H,23,29)(H,24,30)(H,25,26)(H,27,28). The molecule has 1 aliphatic heterocycles. The molecule has 0 bridgehead atoms. The van der Waals surface area contributed by atoms with Crippen molar-refractivity contribution in [1.82, 2.24) is 21.5 Å². The number of hydrazone groups is 2. The molecule has 3 rings (SSSR count). The lowest BCUT2D eigenvalue weighted by molar-refractivity contribution is -0.116. The van der Waals surface area contributed by atoms with Crippen molar-refractivity contribution in [1.29, 1.82) is 0 Å². The molecule has 0 saturated carbocycles. The fourth-order valence-corrected chi connectivity index (χ4v) is 2.74. The maximum absolute atomic E-state index is 12.2. The molecule has 0 spiro atoms. The first-order valence-electron chi connectivity index (χ1n) is 9.38.